The molecule has 0 aliphatic carbocycles. The highest BCUT2D eigenvalue weighted by molar-refractivity contribution is 5.74. The van der Waals surface area contributed by atoms with Crippen LogP contribution in [0.3, 0.4) is 0 Å². The maximum absolute atomic E-state index is 12.9. The van der Waals surface area contributed by atoms with Crippen LogP contribution in [0, 0.1) is 0 Å². The van der Waals surface area contributed by atoms with Crippen molar-refractivity contribution in [2.24, 2.45) is 0 Å². The summed E-state index contributed by atoms with van der Waals surface area (Å²) in [5.74, 6) is 1.05. The Morgan fingerprint density at radius 3 is 1.60 bits per heavy atom. The molecule has 2 rings (SSSR count). The third-order valence-electron chi connectivity index (χ3n) is 8.63. The highest BCUT2D eigenvalue weighted by atomic mass is 16.5. The van der Waals surface area contributed by atoms with Gasteiger partial charge in [0.25, 0.3) is 0 Å². The standard InChI is InChI=1S/C41H62O7/c1-5-7-9-11-13-15-17-19-21-23-40(43)47-35-28-29-36(37(42)30-26-33-25-27-34(45-3)31-38(33)46-4)39(32-35)48-41(44)24-22-20-18-16-14-12-10-8-6-2/h25-32,37,42H,5-24H2,1-4H3. The van der Waals surface area contributed by atoms with Gasteiger partial charge in [0, 0.05) is 36.1 Å². The first-order valence-corrected chi connectivity index (χ1v) is 18.5. The highest BCUT2D eigenvalue weighted by Gasteiger charge is 2.17. The van der Waals surface area contributed by atoms with Gasteiger partial charge in [-0.1, -0.05) is 129 Å². The molecule has 0 fully saturated rings. The van der Waals surface area contributed by atoms with Crippen LogP contribution in [0.4, 0.5) is 0 Å². The molecule has 7 heteroatoms. The first-order chi connectivity index (χ1) is 23.4. The summed E-state index contributed by atoms with van der Waals surface area (Å²) in [7, 11) is 3.16. The van der Waals surface area contributed by atoms with Crippen LogP contribution in [-0.4, -0.2) is 31.3 Å². The molecule has 2 aromatic rings. The number of benzene rings is 2. The summed E-state index contributed by atoms with van der Waals surface area (Å²) in [6.45, 7) is 4.45. The Labute approximate surface area is 290 Å². The number of carbonyl (C=O) groups excluding carboxylic acids is 2. The maximum atomic E-state index is 12.9. The summed E-state index contributed by atoms with van der Waals surface area (Å²) in [4.78, 5) is 25.5. The van der Waals surface area contributed by atoms with Gasteiger partial charge in [-0.05, 0) is 37.1 Å². The molecule has 268 valence electrons. The Morgan fingerprint density at radius 1 is 0.604 bits per heavy atom. The first kappa shape index (κ1) is 40.9. The summed E-state index contributed by atoms with van der Waals surface area (Å²) in [6, 6.07) is 10.2. The fourth-order valence-electron chi connectivity index (χ4n) is 5.68. The molecule has 7 nitrogen and oxygen atoms in total. The van der Waals surface area contributed by atoms with Crippen molar-refractivity contribution in [3.63, 3.8) is 0 Å². The van der Waals surface area contributed by atoms with Crippen LogP contribution in [0.25, 0.3) is 6.08 Å². The lowest BCUT2D eigenvalue weighted by molar-refractivity contribution is -0.135. The Hall–Kier alpha value is -3.32. The van der Waals surface area contributed by atoms with E-state index in [1.807, 2.05) is 12.1 Å². The van der Waals surface area contributed by atoms with Gasteiger partial charge >= 0.3 is 11.9 Å². The molecule has 1 N–H and O–H groups in total. The van der Waals surface area contributed by atoms with Gasteiger partial charge in [0.15, 0.2) is 0 Å². The van der Waals surface area contributed by atoms with Crippen LogP contribution in [0.15, 0.2) is 42.5 Å². The van der Waals surface area contributed by atoms with Crippen molar-refractivity contribution in [1.82, 2.24) is 0 Å². The van der Waals surface area contributed by atoms with E-state index in [9.17, 15) is 14.7 Å². The fraction of sp³-hybridized carbons (Fsp3) is 0.610. The van der Waals surface area contributed by atoms with Gasteiger partial charge in [-0.25, -0.2) is 0 Å². The number of unbranched alkanes of at least 4 members (excludes halogenated alkanes) is 16. The van der Waals surface area contributed by atoms with Crippen molar-refractivity contribution < 1.29 is 33.6 Å². The molecule has 2 aromatic carbocycles. The minimum absolute atomic E-state index is 0.183. The largest absolute Gasteiger partial charge is 0.497 e. The Kier molecular flexibility index (Phi) is 21.8. The normalized spacial score (nSPS) is 11.9. The maximum Gasteiger partial charge on any atom is 0.311 e. The van der Waals surface area contributed by atoms with Gasteiger partial charge < -0.3 is 24.1 Å². The fourth-order valence-corrected chi connectivity index (χ4v) is 5.68. The molecule has 0 saturated carbocycles. The van der Waals surface area contributed by atoms with Crippen molar-refractivity contribution in [1.29, 1.82) is 0 Å². The lowest BCUT2D eigenvalue weighted by Crippen LogP contribution is -2.12. The minimum atomic E-state index is -1.08. The third-order valence-corrected chi connectivity index (χ3v) is 8.63. The van der Waals surface area contributed by atoms with Crippen molar-refractivity contribution >= 4 is 18.0 Å². The van der Waals surface area contributed by atoms with Gasteiger partial charge in [0.2, 0.25) is 0 Å². The zero-order valence-electron chi connectivity index (χ0n) is 30.2. The average molecular weight is 667 g/mol. The third kappa shape index (κ3) is 17.2. The average Bonchev–Trinajstić information content (AvgIpc) is 3.09. The van der Waals surface area contributed by atoms with Crippen molar-refractivity contribution in [3.8, 4) is 23.0 Å². The second-order valence-electron chi connectivity index (χ2n) is 12.7. The molecule has 1 unspecified atom stereocenters. The number of rotatable bonds is 27. The van der Waals surface area contributed by atoms with Crippen LogP contribution in [0.5, 0.6) is 23.0 Å². The summed E-state index contributed by atoms with van der Waals surface area (Å²) < 4.78 is 22.2. The van der Waals surface area contributed by atoms with E-state index in [-0.39, 0.29) is 24.1 Å². The number of hydrogen-bond donors (Lipinski definition) is 1. The minimum Gasteiger partial charge on any atom is -0.497 e. The van der Waals surface area contributed by atoms with Gasteiger partial charge in [0.05, 0.1) is 14.2 Å². The lowest BCUT2D eigenvalue weighted by Gasteiger charge is -2.15. The molecular formula is C41H62O7. The smallest absolute Gasteiger partial charge is 0.311 e. The number of methoxy groups -OCH3 is 2. The summed E-state index contributed by atoms with van der Waals surface area (Å²) in [5.41, 5.74) is 1.15. The van der Waals surface area contributed by atoms with Crippen molar-refractivity contribution in [2.75, 3.05) is 14.2 Å². The van der Waals surface area contributed by atoms with Crippen LogP contribution >= 0.6 is 0 Å². The van der Waals surface area contributed by atoms with Crippen LogP contribution in [0.1, 0.15) is 159 Å². The van der Waals surface area contributed by atoms with E-state index in [4.69, 9.17) is 18.9 Å². The molecule has 0 spiro atoms. The first-order valence-electron chi connectivity index (χ1n) is 18.5. The summed E-state index contributed by atoms with van der Waals surface area (Å²) in [5, 5.41) is 11.2. The van der Waals surface area contributed by atoms with Gasteiger partial charge in [-0.2, -0.15) is 0 Å². The molecule has 0 amide bonds. The Bertz CT molecular complexity index is 1210. The SMILES string of the molecule is CCCCCCCCCCCC(=O)Oc1ccc(C(O)C=Cc2ccc(OC)cc2OC)c(OC(=O)CCCCCCCCCCC)c1. The second kappa shape index (κ2) is 25.7. The predicted octanol–water partition coefficient (Wildman–Crippen LogP) is 11.1. The number of hydrogen-bond acceptors (Lipinski definition) is 7. The zero-order chi connectivity index (χ0) is 34.8. The molecule has 0 aromatic heterocycles. The number of esters is 2. The number of carbonyl (C=O) groups is 2. The predicted molar refractivity (Wildman–Crippen MR) is 195 cm³/mol. The van der Waals surface area contributed by atoms with Crippen molar-refractivity contribution in [3.05, 3.63) is 53.6 Å². The molecule has 0 radical (unpaired) electrons. The Morgan fingerprint density at radius 2 is 1.08 bits per heavy atom. The topological polar surface area (TPSA) is 91.3 Å². The lowest BCUT2D eigenvalue weighted by atomic mass is 10.1. The Balaban J connectivity index is 2.01. The summed E-state index contributed by atoms with van der Waals surface area (Å²) >= 11 is 0. The van der Waals surface area contributed by atoms with Gasteiger partial charge in [-0.15, -0.1) is 0 Å². The molecule has 0 heterocycles. The van der Waals surface area contributed by atoms with Crippen molar-refractivity contribution in [2.45, 2.75) is 148 Å². The summed E-state index contributed by atoms with van der Waals surface area (Å²) in [6.07, 6.45) is 23.8. The van der Waals surface area contributed by atoms with E-state index in [2.05, 4.69) is 13.8 Å². The quantitative estimate of drug-likeness (QED) is 0.0576. The van der Waals surface area contributed by atoms with Crippen LogP contribution < -0.4 is 18.9 Å². The molecule has 0 bridgehead atoms. The molecule has 0 aliphatic heterocycles. The monoisotopic (exact) mass is 666 g/mol. The van der Waals surface area contributed by atoms with E-state index >= 15 is 0 Å². The van der Waals surface area contributed by atoms with E-state index in [1.54, 1.807) is 44.6 Å². The highest BCUT2D eigenvalue weighted by Crippen LogP contribution is 2.33. The van der Waals surface area contributed by atoms with E-state index in [0.29, 0.717) is 29.2 Å². The van der Waals surface area contributed by atoms with Gasteiger partial charge in [0.1, 0.15) is 29.1 Å². The van der Waals surface area contributed by atoms with E-state index < -0.39 is 6.10 Å². The van der Waals surface area contributed by atoms with Crippen LogP contribution in [0.2, 0.25) is 0 Å². The van der Waals surface area contributed by atoms with Crippen LogP contribution in [-0.2, 0) is 9.59 Å². The van der Waals surface area contributed by atoms with E-state index in [0.717, 1.165) is 44.1 Å². The number of aliphatic hydroxyl groups is 1. The van der Waals surface area contributed by atoms with E-state index in [1.165, 1.54) is 83.1 Å². The number of ether oxygens (including phenoxy) is 4. The van der Waals surface area contributed by atoms with Gasteiger partial charge in [-0.3, -0.25) is 9.59 Å². The molecule has 0 aliphatic rings. The zero-order valence-corrected chi connectivity index (χ0v) is 30.2. The number of aliphatic hydroxyl groups excluding tert-OH is 1. The molecule has 48 heavy (non-hydrogen) atoms. The molecule has 1 atom stereocenters. The molecular weight excluding hydrogens is 604 g/mol. The molecule has 0 saturated heterocycles. The second-order valence-corrected chi connectivity index (χ2v) is 12.7.